The summed E-state index contributed by atoms with van der Waals surface area (Å²) in [5, 5.41) is 4.84. The van der Waals surface area contributed by atoms with Gasteiger partial charge in [-0.05, 0) is 24.3 Å². The van der Waals surface area contributed by atoms with Crippen LogP contribution in [-0.4, -0.2) is 18.5 Å². The van der Waals surface area contributed by atoms with E-state index < -0.39 is 0 Å². The molecule has 1 amide bonds. The third-order valence-corrected chi connectivity index (χ3v) is 3.47. The molecule has 1 aromatic rings. The molecule has 1 atom stereocenters. The topological polar surface area (TPSA) is 55.1 Å². The molecule has 0 bridgehead atoms. The molecule has 0 saturated heterocycles. The maximum absolute atomic E-state index is 12.0. The standard InChI is InChI=1S/C13H18N2OS/c1-9(2)10(3)15-13(16)12-11(5-4-7-14)6-8-17-12/h6,8-10H,7,14H2,1-3H3,(H,15,16). The fraction of sp³-hybridized carbons (Fsp3) is 0.462. The number of rotatable bonds is 3. The molecule has 92 valence electrons. The van der Waals surface area contributed by atoms with Crippen LogP contribution in [0, 0.1) is 17.8 Å². The summed E-state index contributed by atoms with van der Waals surface area (Å²) in [6.45, 7) is 6.46. The van der Waals surface area contributed by atoms with Crippen molar-refractivity contribution in [1.82, 2.24) is 5.32 Å². The Morgan fingerprint density at radius 3 is 2.82 bits per heavy atom. The Kier molecular flexibility index (Phi) is 5.20. The molecular weight excluding hydrogens is 232 g/mol. The molecule has 0 radical (unpaired) electrons. The van der Waals surface area contributed by atoms with Gasteiger partial charge in [-0.2, -0.15) is 0 Å². The van der Waals surface area contributed by atoms with Crippen LogP contribution in [0.15, 0.2) is 11.4 Å². The first kappa shape index (κ1) is 13.8. The Labute approximate surface area is 106 Å². The number of carbonyl (C=O) groups excluding carboxylic acids is 1. The summed E-state index contributed by atoms with van der Waals surface area (Å²) in [6, 6.07) is 2.00. The van der Waals surface area contributed by atoms with E-state index in [4.69, 9.17) is 5.73 Å². The highest BCUT2D eigenvalue weighted by atomic mass is 32.1. The van der Waals surface area contributed by atoms with E-state index in [9.17, 15) is 4.79 Å². The first-order valence-electron chi connectivity index (χ1n) is 5.63. The molecule has 0 aliphatic rings. The third-order valence-electron chi connectivity index (χ3n) is 2.56. The quantitative estimate of drug-likeness (QED) is 0.804. The molecule has 1 aromatic heterocycles. The van der Waals surface area contributed by atoms with Crippen molar-refractivity contribution in [3.05, 3.63) is 21.9 Å². The van der Waals surface area contributed by atoms with Crippen molar-refractivity contribution in [1.29, 1.82) is 0 Å². The van der Waals surface area contributed by atoms with Crippen molar-refractivity contribution in [3.8, 4) is 11.8 Å². The minimum Gasteiger partial charge on any atom is -0.349 e. The number of nitrogens with two attached hydrogens (primary N) is 1. The van der Waals surface area contributed by atoms with Crippen molar-refractivity contribution in [2.45, 2.75) is 26.8 Å². The number of hydrogen-bond donors (Lipinski definition) is 2. The normalized spacial score (nSPS) is 11.8. The molecule has 17 heavy (non-hydrogen) atoms. The van der Waals surface area contributed by atoms with Gasteiger partial charge in [-0.15, -0.1) is 11.3 Å². The smallest absolute Gasteiger partial charge is 0.262 e. The summed E-state index contributed by atoms with van der Waals surface area (Å²) >= 11 is 1.41. The van der Waals surface area contributed by atoms with Crippen LogP contribution in [0.5, 0.6) is 0 Å². The van der Waals surface area contributed by atoms with E-state index in [1.807, 2.05) is 18.4 Å². The fourth-order valence-electron chi connectivity index (χ4n) is 1.17. The van der Waals surface area contributed by atoms with Crippen LogP contribution in [0.2, 0.25) is 0 Å². The highest BCUT2D eigenvalue weighted by Crippen LogP contribution is 2.16. The zero-order valence-electron chi connectivity index (χ0n) is 10.4. The Balaban J connectivity index is 2.79. The van der Waals surface area contributed by atoms with E-state index in [0.717, 1.165) is 5.56 Å². The summed E-state index contributed by atoms with van der Waals surface area (Å²) in [7, 11) is 0. The lowest BCUT2D eigenvalue weighted by atomic mass is 10.1. The number of carbonyl (C=O) groups is 1. The molecule has 1 heterocycles. The average molecular weight is 250 g/mol. The zero-order valence-corrected chi connectivity index (χ0v) is 11.2. The monoisotopic (exact) mass is 250 g/mol. The summed E-state index contributed by atoms with van der Waals surface area (Å²) in [6.07, 6.45) is 0. The van der Waals surface area contributed by atoms with Gasteiger partial charge in [-0.25, -0.2) is 0 Å². The molecule has 1 rings (SSSR count). The van der Waals surface area contributed by atoms with E-state index in [1.54, 1.807) is 0 Å². The van der Waals surface area contributed by atoms with Crippen molar-refractivity contribution in [2.24, 2.45) is 11.7 Å². The molecule has 0 spiro atoms. The zero-order chi connectivity index (χ0) is 12.8. The van der Waals surface area contributed by atoms with E-state index >= 15 is 0 Å². The van der Waals surface area contributed by atoms with Gasteiger partial charge in [-0.1, -0.05) is 25.7 Å². The van der Waals surface area contributed by atoms with Gasteiger partial charge in [-0.3, -0.25) is 4.79 Å². The number of hydrogen-bond acceptors (Lipinski definition) is 3. The van der Waals surface area contributed by atoms with Crippen LogP contribution >= 0.6 is 11.3 Å². The van der Waals surface area contributed by atoms with E-state index in [-0.39, 0.29) is 11.9 Å². The largest absolute Gasteiger partial charge is 0.349 e. The predicted octanol–water partition coefficient (Wildman–Crippen LogP) is 1.83. The third kappa shape index (κ3) is 3.88. The van der Waals surface area contributed by atoms with Gasteiger partial charge in [0, 0.05) is 11.6 Å². The minimum atomic E-state index is -0.0532. The molecule has 3 nitrogen and oxygen atoms in total. The van der Waals surface area contributed by atoms with Crippen LogP contribution in [0.25, 0.3) is 0 Å². The van der Waals surface area contributed by atoms with E-state index in [1.165, 1.54) is 11.3 Å². The number of nitrogens with one attached hydrogen (secondary N) is 1. The maximum Gasteiger partial charge on any atom is 0.262 e. The molecule has 4 heteroatoms. The van der Waals surface area contributed by atoms with Gasteiger partial charge in [0.15, 0.2) is 0 Å². The molecule has 0 saturated carbocycles. The average Bonchev–Trinajstić information content (AvgIpc) is 2.74. The Hall–Kier alpha value is -1.31. The van der Waals surface area contributed by atoms with Crippen LogP contribution in [0.1, 0.15) is 36.0 Å². The number of thiophene rings is 1. The molecule has 0 aromatic carbocycles. The first-order valence-corrected chi connectivity index (χ1v) is 6.51. The van der Waals surface area contributed by atoms with Crippen LogP contribution in [0.3, 0.4) is 0 Å². The van der Waals surface area contributed by atoms with E-state index in [2.05, 4.69) is 31.0 Å². The minimum absolute atomic E-state index is 0.0532. The highest BCUT2D eigenvalue weighted by Gasteiger charge is 2.15. The van der Waals surface area contributed by atoms with Crippen molar-refractivity contribution in [3.63, 3.8) is 0 Å². The van der Waals surface area contributed by atoms with Gasteiger partial charge in [0.1, 0.15) is 4.88 Å². The van der Waals surface area contributed by atoms with Crippen molar-refractivity contribution in [2.75, 3.05) is 6.54 Å². The second-order valence-electron chi connectivity index (χ2n) is 4.18. The summed E-state index contributed by atoms with van der Waals surface area (Å²) in [5.41, 5.74) is 6.08. The molecule has 0 aliphatic heterocycles. The SMILES string of the molecule is CC(C)C(C)NC(=O)c1sccc1C#CCN. The molecule has 3 N–H and O–H groups in total. The van der Waals surface area contributed by atoms with Gasteiger partial charge < -0.3 is 11.1 Å². The van der Waals surface area contributed by atoms with Crippen molar-refractivity contribution < 1.29 is 4.79 Å². The molecule has 1 unspecified atom stereocenters. The van der Waals surface area contributed by atoms with Gasteiger partial charge >= 0.3 is 0 Å². The van der Waals surface area contributed by atoms with Crippen LogP contribution in [0.4, 0.5) is 0 Å². The second-order valence-corrected chi connectivity index (χ2v) is 5.09. The van der Waals surface area contributed by atoms with E-state index in [0.29, 0.717) is 17.3 Å². The Morgan fingerprint density at radius 2 is 2.24 bits per heavy atom. The lowest BCUT2D eigenvalue weighted by Gasteiger charge is -2.16. The summed E-state index contributed by atoms with van der Waals surface area (Å²) < 4.78 is 0. The summed E-state index contributed by atoms with van der Waals surface area (Å²) in [4.78, 5) is 12.7. The molecule has 0 fully saturated rings. The number of amides is 1. The second kappa shape index (κ2) is 6.43. The van der Waals surface area contributed by atoms with Crippen LogP contribution < -0.4 is 11.1 Å². The summed E-state index contributed by atoms with van der Waals surface area (Å²) in [5.74, 6) is 6.04. The fourth-order valence-corrected chi connectivity index (χ4v) is 1.92. The lowest BCUT2D eigenvalue weighted by Crippen LogP contribution is -2.35. The Bertz CT molecular complexity index is 440. The lowest BCUT2D eigenvalue weighted by molar-refractivity contribution is 0.0934. The molecule has 0 aliphatic carbocycles. The predicted molar refractivity (Wildman–Crippen MR) is 72.0 cm³/mol. The van der Waals surface area contributed by atoms with Gasteiger partial charge in [0.05, 0.1) is 6.54 Å². The highest BCUT2D eigenvalue weighted by molar-refractivity contribution is 7.12. The van der Waals surface area contributed by atoms with Crippen LogP contribution in [-0.2, 0) is 0 Å². The first-order chi connectivity index (χ1) is 8.06. The van der Waals surface area contributed by atoms with Gasteiger partial charge in [0.25, 0.3) is 5.91 Å². The molecular formula is C13H18N2OS. The van der Waals surface area contributed by atoms with Gasteiger partial charge in [0.2, 0.25) is 0 Å². The maximum atomic E-state index is 12.0. The Morgan fingerprint density at radius 1 is 1.53 bits per heavy atom. The van der Waals surface area contributed by atoms with Crippen molar-refractivity contribution >= 4 is 17.2 Å².